The molecule has 120 valence electrons. The predicted octanol–water partition coefficient (Wildman–Crippen LogP) is 2.56. The highest BCUT2D eigenvalue weighted by Gasteiger charge is 2.64. The average Bonchev–Trinajstić information content (AvgIpc) is 2.43. The summed E-state index contributed by atoms with van der Waals surface area (Å²) in [7, 11) is 0. The van der Waals surface area contributed by atoms with E-state index in [-0.39, 0.29) is 5.91 Å². The van der Waals surface area contributed by atoms with Gasteiger partial charge in [-0.1, -0.05) is 39.5 Å². The topological polar surface area (TPSA) is 72.9 Å². The molecule has 1 atom stereocenters. The minimum atomic E-state index is -0.801. The van der Waals surface area contributed by atoms with Crippen molar-refractivity contribution in [1.82, 2.24) is 5.06 Å². The molecule has 0 aromatic heterocycles. The van der Waals surface area contributed by atoms with Gasteiger partial charge < -0.3 is 9.57 Å². The van der Waals surface area contributed by atoms with Gasteiger partial charge in [0.2, 0.25) is 6.23 Å². The Morgan fingerprint density at radius 1 is 1.10 bits per heavy atom. The van der Waals surface area contributed by atoms with Crippen LogP contribution in [0.5, 0.6) is 0 Å². The van der Waals surface area contributed by atoms with Gasteiger partial charge in [0, 0.05) is 13.8 Å². The minimum absolute atomic E-state index is 0.258. The van der Waals surface area contributed by atoms with Crippen LogP contribution < -0.4 is 0 Å². The summed E-state index contributed by atoms with van der Waals surface area (Å²) in [6.45, 7) is 6.60. The molecule has 1 amide bonds. The van der Waals surface area contributed by atoms with Crippen LogP contribution in [0.15, 0.2) is 0 Å². The van der Waals surface area contributed by atoms with Gasteiger partial charge >= 0.3 is 11.9 Å². The lowest BCUT2D eigenvalue weighted by molar-refractivity contribution is -0.304. The molecule has 1 aliphatic rings. The van der Waals surface area contributed by atoms with Crippen LogP contribution in [0.2, 0.25) is 0 Å². The monoisotopic (exact) mass is 299 g/mol. The molecule has 0 N–H and O–H groups in total. The first-order chi connectivity index (χ1) is 9.89. The number of esters is 1. The molecular weight excluding hydrogens is 274 g/mol. The van der Waals surface area contributed by atoms with E-state index >= 15 is 0 Å². The number of hydrogen-bond donors (Lipinski definition) is 0. The van der Waals surface area contributed by atoms with Crippen LogP contribution in [0.3, 0.4) is 0 Å². The first kappa shape index (κ1) is 17.5. The molecule has 0 aromatic carbocycles. The number of unbranched alkanes of at least 4 members (excludes halogenated alkanes) is 2. The van der Waals surface area contributed by atoms with E-state index in [9.17, 15) is 14.4 Å². The van der Waals surface area contributed by atoms with E-state index in [0.717, 1.165) is 30.7 Å². The molecule has 6 nitrogen and oxygen atoms in total. The Morgan fingerprint density at radius 3 is 2.00 bits per heavy atom. The predicted molar refractivity (Wildman–Crippen MR) is 75.6 cm³/mol. The number of β-lactam (4-membered cyclic amide) rings is 1. The first-order valence-corrected chi connectivity index (χ1v) is 7.58. The van der Waals surface area contributed by atoms with E-state index < -0.39 is 23.6 Å². The van der Waals surface area contributed by atoms with Gasteiger partial charge in [0.1, 0.15) is 5.41 Å². The maximum Gasteiger partial charge on any atom is 0.329 e. The Hall–Kier alpha value is -1.59. The van der Waals surface area contributed by atoms with Crippen molar-refractivity contribution in [3.63, 3.8) is 0 Å². The second-order valence-corrected chi connectivity index (χ2v) is 5.54. The molecule has 0 spiro atoms. The third-order valence-electron chi connectivity index (χ3n) is 3.77. The fourth-order valence-corrected chi connectivity index (χ4v) is 2.71. The summed E-state index contributed by atoms with van der Waals surface area (Å²) in [5.41, 5.74) is -0.743. The highest BCUT2D eigenvalue weighted by Crippen LogP contribution is 2.48. The summed E-state index contributed by atoms with van der Waals surface area (Å²) in [5.74, 6) is -1.34. The van der Waals surface area contributed by atoms with Crippen LogP contribution in [0.4, 0.5) is 0 Å². The van der Waals surface area contributed by atoms with Crippen molar-refractivity contribution in [2.45, 2.75) is 72.4 Å². The lowest BCUT2D eigenvalue weighted by atomic mass is 9.70. The summed E-state index contributed by atoms with van der Waals surface area (Å²) in [4.78, 5) is 39.8. The van der Waals surface area contributed by atoms with Crippen molar-refractivity contribution >= 4 is 17.8 Å². The van der Waals surface area contributed by atoms with Gasteiger partial charge in [-0.3, -0.25) is 14.4 Å². The molecule has 1 heterocycles. The fourth-order valence-electron chi connectivity index (χ4n) is 2.71. The van der Waals surface area contributed by atoms with Crippen LogP contribution in [0, 0.1) is 5.41 Å². The minimum Gasteiger partial charge on any atom is -0.437 e. The van der Waals surface area contributed by atoms with Gasteiger partial charge in [-0.05, 0) is 12.8 Å². The Labute approximate surface area is 125 Å². The van der Waals surface area contributed by atoms with Gasteiger partial charge in [-0.2, -0.15) is 0 Å². The molecule has 1 unspecified atom stereocenters. The van der Waals surface area contributed by atoms with Crippen LogP contribution in [-0.2, 0) is 24.0 Å². The molecule has 21 heavy (non-hydrogen) atoms. The van der Waals surface area contributed by atoms with E-state index in [4.69, 9.17) is 9.57 Å². The number of hydroxylamine groups is 2. The molecule has 1 rings (SSSR count). The third kappa shape index (κ3) is 3.74. The molecule has 1 saturated heterocycles. The van der Waals surface area contributed by atoms with Gasteiger partial charge in [-0.25, -0.2) is 0 Å². The summed E-state index contributed by atoms with van der Waals surface area (Å²) >= 11 is 0. The van der Waals surface area contributed by atoms with E-state index in [1.807, 2.05) is 13.8 Å². The van der Waals surface area contributed by atoms with Crippen molar-refractivity contribution in [2.75, 3.05) is 0 Å². The maximum absolute atomic E-state index is 12.5. The number of amides is 1. The van der Waals surface area contributed by atoms with Crippen LogP contribution in [-0.4, -0.2) is 29.1 Å². The molecule has 1 fully saturated rings. The Bertz CT molecular complexity index is 399. The first-order valence-electron chi connectivity index (χ1n) is 7.58. The third-order valence-corrected chi connectivity index (χ3v) is 3.77. The smallest absolute Gasteiger partial charge is 0.329 e. The van der Waals surface area contributed by atoms with Crippen molar-refractivity contribution in [2.24, 2.45) is 5.41 Å². The Balaban J connectivity index is 2.97. The second-order valence-electron chi connectivity index (χ2n) is 5.54. The van der Waals surface area contributed by atoms with Gasteiger partial charge in [0.05, 0.1) is 0 Å². The highest BCUT2D eigenvalue weighted by molar-refractivity contribution is 5.90. The average molecular weight is 299 g/mol. The van der Waals surface area contributed by atoms with Crippen molar-refractivity contribution in [3.05, 3.63) is 0 Å². The molecular formula is C15H25NO5. The van der Waals surface area contributed by atoms with Gasteiger partial charge in [-0.15, -0.1) is 5.06 Å². The molecule has 0 aromatic rings. The van der Waals surface area contributed by atoms with Crippen LogP contribution >= 0.6 is 0 Å². The van der Waals surface area contributed by atoms with Gasteiger partial charge in [0.25, 0.3) is 5.91 Å². The highest BCUT2D eigenvalue weighted by atomic mass is 16.8. The zero-order valence-electron chi connectivity index (χ0n) is 13.3. The van der Waals surface area contributed by atoms with Crippen molar-refractivity contribution in [3.8, 4) is 0 Å². The van der Waals surface area contributed by atoms with Crippen molar-refractivity contribution < 1.29 is 24.0 Å². The van der Waals surface area contributed by atoms with E-state index in [1.165, 1.54) is 13.8 Å². The standard InChI is InChI=1S/C15H25NO5/c1-5-7-9-15(10-8-6-2)13(19)16(21-12(4)18)14(15)20-11(3)17/h14H,5-10H2,1-4H3. The second kappa shape index (κ2) is 7.43. The summed E-state index contributed by atoms with van der Waals surface area (Å²) < 4.78 is 5.27. The molecule has 0 radical (unpaired) electrons. The Kier molecular flexibility index (Phi) is 6.18. The normalized spacial score (nSPS) is 19.9. The largest absolute Gasteiger partial charge is 0.437 e. The molecule has 0 aliphatic carbocycles. The van der Waals surface area contributed by atoms with E-state index in [1.54, 1.807) is 0 Å². The van der Waals surface area contributed by atoms with E-state index in [2.05, 4.69) is 0 Å². The molecule has 6 heteroatoms. The molecule has 0 bridgehead atoms. The lowest BCUT2D eigenvalue weighted by Gasteiger charge is -2.52. The summed E-state index contributed by atoms with van der Waals surface area (Å²) in [6.07, 6.45) is 4.09. The fraction of sp³-hybridized carbons (Fsp3) is 0.800. The number of carbonyl (C=O) groups is 3. The summed E-state index contributed by atoms with van der Waals surface area (Å²) in [5, 5.41) is 0.912. The zero-order chi connectivity index (χ0) is 16.0. The number of nitrogens with zero attached hydrogens (tertiary/aromatic N) is 1. The summed E-state index contributed by atoms with van der Waals surface area (Å²) in [6, 6.07) is 0. The number of hydrogen-bond acceptors (Lipinski definition) is 5. The van der Waals surface area contributed by atoms with Crippen LogP contribution in [0.25, 0.3) is 0 Å². The maximum atomic E-state index is 12.5. The Morgan fingerprint density at radius 2 is 1.62 bits per heavy atom. The quantitative estimate of drug-likeness (QED) is 0.509. The number of ether oxygens (including phenoxy) is 1. The van der Waals surface area contributed by atoms with E-state index in [0.29, 0.717) is 12.8 Å². The SMILES string of the molecule is CCCCC1(CCCC)C(=O)N(OC(C)=O)C1OC(C)=O. The number of carbonyl (C=O) groups excluding carboxylic acids is 3. The molecule has 1 aliphatic heterocycles. The zero-order valence-corrected chi connectivity index (χ0v) is 13.3. The van der Waals surface area contributed by atoms with Crippen LogP contribution in [0.1, 0.15) is 66.2 Å². The lowest BCUT2D eigenvalue weighted by Crippen LogP contribution is -2.70. The van der Waals surface area contributed by atoms with Crippen molar-refractivity contribution in [1.29, 1.82) is 0 Å². The van der Waals surface area contributed by atoms with Gasteiger partial charge in [0.15, 0.2) is 0 Å². The number of rotatable bonds is 8. The molecule has 0 saturated carbocycles.